The molecule has 0 bridgehead atoms. The minimum atomic E-state index is -3.47. The average molecular weight is 318 g/mol. The van der Waals surface area contributed by atoms with E-state index in [9.17, 15) is 8.42 Å². The predicted molar refractivity (Wildman–Crippen MR) is 90.5 cm³/mol. The number of benzene rings is 1. The van der Waals surface area contributed by atoms with Crippen LogP contribution < -0.4 is 0 Å². The van der Waals surface area contributed by atoms with Crippen LogP contribution in [0.15, 0.2) is 54.1 Å². The first kappa shape index (κ1) is 16.5. The first-order valence-corrected chi connectivity index (χ1v) is 8.75. The molecule has 1 heterocycles. The van der Waals surface area contributed by atoms with Crippen molar-refractivity contribution in [1.29, 1.82) is 0 Å². The van der Waals surface area contributed by atoms with Crippen LogP contribution in [-0.2, 0) is 23.6 Å². The van der Waals surface area contributed by atoms with Gasteiger partial charge in [-0.2, -0.15) is 4.31 Å². The Hall–Kier alpha value is -1.85. The van der Waals surface area contributed by atoms with Crippen LogP contribution in [0.2, 0.25) is 0 Å². The monoisotopic (exact) mass is 318 g/mol. The van der Waals surface area contributed by atoms with Crippen molar-refractivity contribution in [2.45, 2.75) is 26.4 Å². The van der Waals surface area contributed by atoms with E-state index in [0.29, 0.717) is 6.54 Å². The van der Waals surface area contributed by atoms with Gasteiger partial charge in [-0.05, 0) is 37.6 Å². The molecule has 0 aliphatic rings. The Morgan fingerprint density at radius 1 is 1.14 bits per heavy atom. The van der Waals surface area contributed by atoms with Crippen LogP contribution in [0.4, 0.5) is 0 Å². The van der Waals surface area contributed by atoms with Crippen LogP contribution in [0.1, 0.15) is 25.1 Å². The summed E-state index contributed by atoms with van der Waals surface area (Å²) >= 11 is 0. The zero-order chi connectivity index (χ0) is 16.2. The third-order valence-corrected chi connectivity index (χ3v) is 5.19. The fraction of sp³-hybridized carbons (Fsp3) is 0.294. The van der Waals surface area contributed by atoms with Crippen molar-refractivity contribution in [2.24, 2.45) is 7.05 Å². The number of sulfonamides is 1. The molecule has 0 aliphatic heterocycles. The van der Waals surface area contributed by atoms with Crippen molar-refractivity contribution in [1.82, 2.24) is 8.87 Å². The highest BCUT2D eigenvalue weighted by Crippen LogP contribution is 2.16. The van der Waals surface area contributed by atoms with Gasteiger partial charge in [0.1, 0.15) is 0 Å². The van der Waals surface area contributed by atoms with Gasteiger partial charge in [0.25, 0.3) is 0 Å². The molecule has 22 heavy (non-hydrogen) atoms. The second kappa shape index (κ2) is 6.94. The van der Waals surface area contributed by atoms with Crippen LogP contribution in [0, 0.1) is 0 Å². The van der Waals surface area contributed by atoms with Crippen molar-refractivity contribution >= 4 is 16.1 Å². The minimum absolute atomic E-state index is 0.111. The standard InChI is InChI=1S/C17H22N2O2S/c1-15(2)19(14-17-10-7-12-18(17)3)22(20,21)13-11-16-8-5-4-6-9-16/h4-13,15H,14H2,1-3H3/b13-11+. The molecule has 0 saturated heterocycles. The van der Waals surface area contributed by atoms with Gasteiger partial charge in [-0.3, -0.25) is 0 Å². The van der Waals surface area contributed by atoms with Crippen LogP contribution >= 0.6 is 0 Å². The number of aryl methyl sites for hydroxylation is 1. The molecule has 2 aromatic rings. The molecule has 0 fully saturated rings. The zero-order valence-corrected chi connectivity index (χ0v) is 14.0. The van der Waals surface area contributed by atoms with Gasteiger partial charge >= 0.3 is 0 Å². The molecule has 0 radical (unpaired) electrons. The molecule has 0 atom stereocenters. The number of hydrogen-bond donors (Lipinski definition) is 0. The summed E-state index contributed by atoms with van der Waals surface area (Å²) in [5, 5.41) is 1.28. The van der Waals surface area contributed by atoms with Crippen LogP contribution in [-0.4, -0.2) is 23.3 Å². The summed E-state index contributed by atoms with van der Waals surface area (Å²) in [4.78, 5) is 0. The van der Waals surface area contributed by atoms with Crippen molar-refractivity contribution in [2.75, 3.05) is 0 Å². The van der Waals surface area contributed by atoms with E-state index in [1.807, 2.05) is 74.1 Å². The average Bonchev–Trinajstić information content (AvgIpc) is 2.88. The summed E-state index contributed by atoms with van der Waals surface area (Å²) in [5.41, 5.74) is 1.83. The Labute approximate surface area is 132 Å². The Morgan fingerprint density at radius 3 is 2.36 bits per heavy atom. The topological polar surface area (TPSA) is 42.3 Å². The van der Waals surface area contributed by atoms with Gasteiger partial charge in [0.05, 0.1) is 6.54 Å². The van der Waals surface area contributed by atoms with Crippen molar-refractivity contribution < 1.29 is 8.42 Å². The van der Waals surface area contributed by atoms with Gasteiger partial charge in [0, 0.05) is 30.4 Å². The second-order valence-corrected chi connectivity index (χ2v) is 7.28. The lowest BCUT2D eigenvalue weighted by Gasteiger charge is -2.24. The highest BCUT2D eigenvalue weighted by Gasteiger charge is 2.23. The maximum absolute atomic E-state index is 12.6. The molecule has 5 heteroatoms. The third kappa shape index (κ3) is 4.08. The molecule has 0 N–H and O–H groups in total. The molecule has 118 valence electrons. The molecule has 0 saturated carbocycles. The SMILES string of the molecule is CC(C)N(Cc1cccn1C)S(=O)(=O)/C=C/c1ccccc1. The van der Waals surface area contributed by atoms with E-state index >= 15 is 0 Å². The molecule has 0 unspecified atom stereocenters. The summed E-state index contributed by atoms with van der Waals surface area (Å²) in [6.07, 6.45) is 3.55. The molecule has 1 aromatic carbocycles. The maximum Gasteiger partial charge on any atom is 0.236 e. The number of hydrogen-bond acceptors (Lipinski definition) is 2. The maximum atomic E-state index is 12.6. The summed E-state index contributed by atoms with van der Waals surface area (Å²) in [6.45, 7) is 4.14. The molecule has 0 aliphatic carbocycles. The lowest BCUT2D eigenvalue weighted by Crippen LogP contribution is -2.35. The van der Waals surface area contributed by atoms with E-state index in [2.05, 4.69) is 0 Å². The highest BCUT2D eigenvalue weighted by molar-refractivity contribution is 7.92. The van der Waals surface area contributed by atoms with E-state index in [4.69, 9.17) is 0 Å². The normalized spacial score (nSPS) is 12.6. The Kier molecular flexibility index (Phi) is 5.21. The largest absolute Gasteiger partial charge is 0.353 e. The predicted octanol–water partition coefficient (Wildman–Crippen LogP) is 3.24. The molecule has 1 aromatic heterocycles. The fourth-order valence-electron chi connectivity index (χ4n) is 2.19. The minimum Gasteiger partial charge on any atom is -0.353 e. The van der Waals surface area contributed by atoms with E-state index in [1.165, 1.54) is 9.71 Å². The first-order chi connectivity index (χ1) is 10.4. The molecule has 2 rings (SSSR count). The summed E-state index contributed by atoms with van der Waals surface area (Å²) in [7, 11) is -1.56. The van der Waals surface area contributed by atoms with Gasteiger partial charge in [0.2, 0.25) is 10.0 Å². The van der Waals surface area contributed by atoms with E-state index < -0.39 is 10.0 Å². The smallest absolute Gasteiger partial charge is 0.236 e. The van der Waals surface area contributed by atoms with Crippen molar-refractivity contribution in [3.63, 3.8) is 0 Å². The van der Waals surface area contributed by atoms with E-state index in [-0.39, 0.29) is 6.04 Å². The van der Waals surface area contributed by atoms with Crippen molar-refractivity contribution in [3.05, 3.63) is 65.3 Å². The van der Waals surface area contributed by atoms with Gasteiger partial charge in [0.15, 0.2) is 0 Å². The first-order valence-electron chi connectivity index (χ1n) is 7.25. The van der Waals surface area contributed by atoms with Gasteiger partial charge in [-0.25, -0.2) is 8.42 Å². The lowest BCUT2D eigenvalue weighted by atomic mass is 10.2. The van der Waals surface area contributed by atoms with Gasteiger partial charge < -0.3 is 4.57 Å². The molecular weight excluding hydrogens is 296 g/mol. The van der Waals surface area contributed by atoms with Crippen molar-refractivity contribution in [3.8, 4) is 0 Å². The molecule has 4 nitrogen and oxygen atoms in total. The highest BCUT2D eigenvalue weighted by atomic mass is 32.2. The number of nitrogens with zero attached hydrogens (tertiary/aromatic N) is 2. The van der Waals surface area contributed by atoms with E-state index in [1.54, 1.807) is 6.08 Å². The quantitative estimate of drug-likeness (QED) is 0.820. The van der Waals surface area contributed by atoms with Gasteiger partial charge in [-0.15, -0.1) is 0 Å². The lowest BCUT2D eigenvalue weighted by molar-refractivity contribution is 0.346. The Bertz CT molecular complexity index is 731. The number of rotatable bonds is 6. The van der Waals surface area contributed by atoms with Gasteiger partial charge in [-0.1, -0.05) is 30.3 Å². The second-order valence-electron chi connectivity index (χ2n) is 5.51. The zero-order valence-electron chi connectivity index (χ0n) is 13.2. The Balaban J connectivity index is 2.23. The van der Waals surface area contributed by atoms with Crippen LogP contribution in [0.5, 0.6) is 0 Å². The summed E-state index contributed by atoms with van der Waals surface area (Å²) < 4.78 is 28.7. The third-order valence-electron chi connectivity index (χ3n) is 3.50. The fourth-order valence-corrected chi connectivity index (χ4v) is 3.58. The van der Waals surface area contributed by atoms with Crippen LogP contribution in [0.3, 0.4) is 0 Å². The summed E-state index contributed by atoms with van der Waals surface area (Å²) in [6, 6.07) is 13.2. The van der Waals surface area contributed by atoms with E-state index in [0.717, 1.165) is 11.3 Å². The summed E-state index contributed by atoms with van der Waals surface area (Å²) in [5.74, 6) is 0. The number of aromatic nitrogens is 1. The molecule has 0 amide bonds. The molecular formula is C17H22N2O2S. The van der Waals surface area contributed by atoms with Crippen LogP contribution in [0.25, 0.3) is 6.08 Å². The Morgan fingerprint density at radius 2 is 1.82 bits per heavy atom. The molecule has 0 spiro atoms.